The Bertz CT molecular complexity index is 180. The third kappa shape index (κ3) is 5.56. The van der Waals surface area contributed by atoms with Crippen LogP contribution in [0.3, 0.4) is 0 Å². The van der Waals surface area contributed by atoms with E-state index in [9.17, 15) is 4.79 Å². The van der Waals surface area contributed by atoms with Gasteiger partial charge in [0.2, 0.25) is 0 Å². The van der Waals surface area contributed by atoms with Gasteiger partial charge in [0.25, 0.3) is 0 Å². The second-order valence-corrected chi connectivity index (χ2v) is 3.24. The molecule has 0 amide bonds. The van der Waals surface area contributed by atoms with E-state index in [2.05, 4.69) is 16.8 Å². The Morgan fingerprint density at radius 3 is 2.71 bits per heavy atom. The first kappa shape index (κ1) is 12.9. The molecule has 1 N–H and O–H groups in total. The van der Waals surface area contributed by atoms with E-state index in [0.717, 1.165) is 19.3 Å². The Hall–Kier alpha value is -1.06. The highest BCUT2D eigenvalue weighted by Gasteiger charge is 2.16. The van der Waals surface area contributed by atoms with Crippen molar-refractivity contribution in [3.05, 3.63) is 0 Å². The summed E-state index contributed by atoms with van der Waals surface area (Å²) in [5.74, 6) is -0.735. The SMILES string of the molecule is CCCCCCC(/C=N\O)C(=O)OC. The van der Waals surface area contributed by atoms with E-state index in [1.54, 1.807) is 0 Å². The van der Waals surface area contributed by atoms with E-state index in [-0.39, 0.29) is 5.97 Å². The monoisotopic (exact) mass is 201 g/mol. The molecule has 0 bridgehead atoms. The van der Waals surface area contributed by atoms with Crippen LogP contribution < -0.4 is 0 Å². The number of ether oxygens (including phenoxy) is 1. The minimum atomic E-state index is -0.401. The molecule has 1 unspecified atom stereocenters. The molecular weight excluding hydrogens is 182 g/mol. The highest BCUT2D eigenvalue weighted by molar-refractivity contribution is 5.89. The zero-order valence-corrected chi connectivity index (χ0v) is 8.90. The smallest absolute Gasteiger partial charge is 0.314 e. The molecule has 0 rings (SSSR count). The lowest BCUT2D eigenvalue weighted by Gasteiger charge is -2.08. The molecule has 0 aliphatic heterocycles. The van der Waals surface area contributed by atoms with Gasteiger partial charge in [-0.3, -0.25) is 4.79 Å². The molecule has 0 aromatic carbocycles. The van der Waals surface area contributed by atoms with Crippen LogP contribution in [0.5, 0.6) is 0 Å². The van der Waals surface area contributed by atoms with Gasteiger partial charge in [-0.1, -0.05) is 32.6 Å². The fourth-order valence-corrected chi connectivity index (χ4v) is 1.28. The molecule has 4 heteroatoms. The van der Waals surface area contributed by atoms with Gasteiger partial charge in [-0.15, -0.1) is 5.16 Å². The van der Waals surface area contributed by atoms with Crippen LogP contribution in [0, 0.1) is 5.92 Å². The normalized spacial score (nSPS) is 13.0. The van der Waals surface area contributed by atoms with Gasteiger partial charge in [0.1, 0.15) is 0 Å². The number of carbonyl (C=O) groups is 1. The molecular formula is C10H19NO3. The zero-order valence-electron chi connectivity index (χ0n) is 8.90. The summed E-state index contributed by atoms with van der Waals surface area (Å²) in [7, 11) is 1.34. The van der Waals surface area contributed by atoms with E-state index >= 15 is 0 Å². The lowest BCUT2D eigenvalue weighted by Crippen LogP contribution is -2.17. The quantitative estimate of drug-likeness (QED) is 0.226. The van der Waals surface area contributed by atoms with Crippen LogP contribution in [-0.2, 0) is 9.53 Å². The van der Waals surface area contributed by atoms with Crippen molar-refractivity contribution in [1.82, 2.24) is 0 Å². The van der Waals surface area contributed by atoms with Crippen LogP contribution in [0.1, 0.15) is 39.0 Å². The second-order valence-electron chi connectivity index (χ2n) is 3.24. The van der Waals surface area contributed by atoms with E-state index in [1.807, 2.05) is 0 Å². The molecule has 0 radical (unpaired) electrons. The van der Waals surface area contributed by atoms with Crippen LogP contribution in [0.2, 0.25) is 0 Å². The second kappa shape index (κ2) is 8.53. The number of hydrogen-bond acceptors (Lipinski definition) is 4. The summed E-state index contributed by atoms with van der Waals surface area (Å²) in [6.45, 7) is 2.13. The molecule has 0 saturated heterocycles. The molecule has 1 atom stereocenters. The van der Waals surface area contributed by atoms with Crippen molar-refractivity contribution >= 4 is 12.2 Å². The van der Waals surface area contributed by atoms with Gasteiger partial charge in [0.05, 0.1) is 19.2 Å². The summed E-state index contributed by atoms with van der Waals surface area (Å²) in [5, 5.41) is 11.2. The molecule has 14 heavy (non-hydrogen) atoms. The average Bonchev–Trinajstić information content (AvgIpc) is 2.21. The first-order chi connectivity index (χ1) is 6.76. The first-order valence-electron chi connectivity index (χ1n) is 5.01. The van der Waals surface area contributed by atoms with Crippen molar-refractivity contribution in [1.29, 1.82) is 0 Å². The van der Waals surface area contributed by atoms with E-state index < -0.39 is 5.92 Å². The molecule has 4 nitrogen and oxygen atoms in total. The van der Waals surface area contributed by atoms with Crippen LogP contribution in [0.25, 0.3) is 0 Å². The molecule has 0 aliphatic carbocycles. The predicted octanol–water partition coefficient (Wildman–Crippen LogP) is 2.21. The number of methoxy groups -OCH3 is 1. The maximum atomic E-state index is 11.1. The Labute approximate surface area is 84.9 Å². The summed E-state index contributed by atoms with van der Waals surface area (Å²) in [4.78, 5) is 11.1. The molecule has 82 valence electrons. The van der Waals surface area contributed by atoms with E-state index in [4.69, 9.17) is 5.21 Å². The lowest BCUT2D eigenvalue weighted by atomic mass is 10.0. The summed E-state index contributed by atoms with van der Waals surface area (Å²) in [6, 6.07) is 0. The van der Waals surface area contributed by atoms with Crippen LogP contribution in [0.15, 0.2) is 5.16 Å². The van der Waals surface area contributed by atoms with Gasteiger partial charge in [-0.2, -0.15) is 0 Å². The van der Waals surface area contributed by atoms with Crippen LogP contribution >= 0.6 is 0 Å². The van der Waals surface area contributed by atoms with E-state index in [0.29, 0.717) is 6.42 Å². The molecule has 0 saturated carbocycles. The summed E-state index contributed by atoms with van der Waals surface area (Å²) < 4.78 is 4.58. The van der Waals surface area contributed by atoms with Crippen molar-refractivity contribution in [2.24, 2.45) is 11.1 Å². The van der Waals surface area contributed by atoms with Gasteiger partial charge in [0.15, 0.2) is 0 Å². The third-order valence-corrected chi connectivity index (χ3v) is 2.12. The Morgan fingerprint density at radius 2 is 2.21 bits per heavy atom. The fraction of sp³-hybridized carbons (Fsp3) is 0.800. The minimum Gasteiger partial charge on any atom is -0.469 e. The van der Waals surface area contributed by atoms with Gasteiger partial charge in [-0.25, -0.2) is 0 Å². The Morgan fingerprint density at radius 1 is 1.50 bits per heavy atom. The number of oxime groups is 1. The van der Waals surface area contributed by atoms with Gasteiger partial charge >= 0.3 is 5.97 Å². The molecule has 0 heterocycles. The number of nitrogens with zero attached hydrogens (tertiary/aromatic N) is 1. The van der Waals surface area contributed by atoms with Gasteiger partial charge in [-0.05, 0) is 6.42 Å². The first-order valence-corrected chi connectivity index (χ1v) is 5.01. The Balaban J connectivity index is 3.79. The third-order valence-electron chi connectivity index (χ3n) is 2.12. The van der Waals surface area contributed by atoms with Crippen molar-refractivity contribution in [3.8, 4) is 0 Å². The molecule has 0 aromatic rings. The fourth-order valence-electron chi connectivity index (χ4n) is 1.28. The highest BCUT2D eigenvalue weighted by Crippen LogP contribution is 2.10. The summed E-state index contributed by atoms with van der Waals surface area (Å²) in [6.07, 6.45) is 6.32. The molecule has 0 aliphatic rings. The van der Waals surface area contributed by atoms with E-state index in [1.165, 1.54) is 19.7 Å². The largest absolute Gasteiger partial charge is 0.469 e. The highest BCUT2D eigenvalue weighted by atomic mass is 16.5. The van der Waals surface area contributed by atoms with Crippen molar-refractivity contribution < 1.29 is 14.7 Å². The maximum Gasteiger partial charge on any atom is 0.314 e. The number of rotatable bonds is 7. The number of unbranched alkanes of at least 4 members (excludes halogenated alkanes) is 3. The predicted molar refractivity (Wildman–Crippen MR) is 54.5 cm³/mol. The number of carbonyl (C=O) groups excluding carboxylic acids is 1. The minimum absolute atomic E-state index is 0.334. The number of esters is 1. The maximum absolute atomic E-state index is 11.1. The zero-order chi connectivity index (χ0) is 10.8. The summed E-state index contributed by atoms with van der Waals surface area (Å²) in [5.41, 5.74) is 0. The molecule has 0 aromatic heterocycles. The lowest BCUT2D eigenvalue weighted by molar-refractivity contribution is -0.143. The van der Waals surface area contributed by atoms with Crippen molar-refractivity contribution in [2.75, 3.05) is 7.11 Å². The van der Waals surface area contributed by atoms with Crippen molar-refractivity contribution in [3.63, 3.8) is 0 Å². The standard InChI is InChI=1S/C10H19NO3/c1-3-4-5-6-7-9(8-11-13)10(12)14-2/h8-9,13H,3-7H2,1-2H3/b11-8-. The van der Waals surface area contributed by atoms with Crippen LogP contribution in [-0.4, -0.2) is 24.5 Å². The average molecular weight is 201 g/mol. The van der Waals surface area contributed by atoms with Gasteiger partial charge in [0, 0.05) is 0 Å². The number of hydrogen-bond donors (Lipinski definition) is 1. The molecule has 0 fully saturated rings. The topological polar surface area (TPSA) is 58.9 Å². The van der Waals surface area contributed by atoms with Gasteiger partial charge < -0.3 is 9.94 Å². The molecule has 0 spiro atoms. The Kier molecular flexibility index (Phi) is 7.89. The van der Waals surface area contributed by atoms with Crippen LogP contribution in [0.4, 0.5) is 0 Å². The van der Waals surface area contributed by atoms with Crippen molar-refractivity contribution in [2.45, 2.75) is 39.0 Å². The summed E-state index contributed by atoms with van der Waals surface area (Å²) >= 11 is 0.